The minimum Gasteiger partial charge on any atom is -0.496 e. The molecule has 1 heterocycles. The van der Waals surface area contributed by atoms with Gasteiger partial charge in [-0.15, -0.1) is 0 Å². The van der Waals surface area contributed by atoms with Crippen molar-refractivity contribution in [2.24, 2.45) is 0 Å². The Morgan fingerprint density at radius 2 is 1.80 bits per heavy atom. The van der Waals surface area contributed by atoms with E-state index in [2.05, 4.69) is 57.6 Å². The molecule has 2 aromatic rings. The smallest absolute Gasteiger partial charge is 0.122 e. The van der Waals surface area contributed by atoms with Crippen LogP contribution in [0.2, 0.25) is 0 Å². The van der Waals surface area contributed by atoms with Crippen LogP contribution in [-0.2, 0) is 11.8 Å². The van der Waals surface area contributed by atoms with Gasteiger partial charge in [-0.25, -0.2) is 0 Å². The van der Waals surface area contributed by atoms with Gasteiger partial charge < -0.3 is 10.1 Å². The third kappa shape index (κ3) is 2.36. The number of para-hydroxylation sites is 1. The summed E-state index contributed by atoms with van der Waals surface area (Å²) in [6.45, 7) is 2.02. The average molecular weight is 332 g/mol. The van der Waals surface area contributed by atoms with E-state index in [1.165, 1.54) is 15.6 Å². The maximum Gasteiger partial charge on any atom is 0.122 e. The van der Waals surface area contributed by atoms with E-state index in [0.29, 0.717) is 0 Å². The Bertz CT molecular complexity index is 607. The van der Waals surface area contributed by atoms with Gasteiger partial charge in [0.25, 0.3) is 0 Å². The minimum atomic E-state index is 0.161. The third-order valence-corrected chi connectivity index (χ3v) is 4.78. The highest BCUT2D eigenvalue weighted by molar-refractivity contribution is 9.10. The summed E-state index contributed by atoms with van der Waals surface area (Å²) in [7, 11) is 1.74. The maximum absolute atomic E-state index is 5.49. The van der Waals surface area contributed by atoms with Crippen LogP contribution in [0.4, 0.5) is 0 Å². The molecule has 1 fully saturated rings. The first kappa shape index (κ1) is 13.7. The second-order valence-corrected chi connectivity index (χ2v) is 6.21. The molecule has 3 heteroatoms. The molecule has 1 saturated heterocycles. The fourth-order valence-corrected chi connectivity index (χ4v) is 3.65. The van der Waals surface area contributed by atoms with Crippen LogP contribution in [0.1, 0.15) is 11.1 Å². The van der Waals surface area contributed by atoms with E-state index in [0.717, 1.165) is 25.3 Å². The van der Waals surface area contributed by atoms with Gasteiger partial charge in [-0.3, -0.25) is 0 Å². The van der Waals surface area contributed by atoms with Gasteiger partial charge in [-0.05, 0) is 29.7 Å². The number of benzene rings is 2. The van der Waals surface area contributed by atoms with Gasteiger partial charge in [0.15, 0.2) is 0 Å². The molecule has 0 radical (unpaired) electrons. The number of hydrogen-bond acceptors (Lipinski definition) is 2. The van der Waals surface area contributed by atoms with E-state index in [-0.39, 0.29) is 5.41 Å². The van der Waals surface area contributed by atoms with Gasteiger partial charge >= 0.3 is 0 Å². The molecule has 20 heavy (non-hydrogen) atoms. The normalized spacial score (nSPS) is 16.5. The van der Waals surface area contributed by atoms with Crippen LogP contribution in [-0.4, -0.2) is 20.2 Å². The van der Waals surface area contributed by atoms with Crippen LogP contribution in [0.3, 0.4) is 0 Å². The summed E-state index contributed by atoms with van der Waals surface area (Å²) in [6.07, 6.45) is 0.993. The number of ether oxygens (including phenoxy) is 1. The lowest BCUT2D eigenvalue weighted by molar-refractivity contribution is 0.270. The van der Waals surface area contributed by atoms with Crippen LogP contribution in [0.5, 0.6) is 5.75 Å². The molecule has 0 bridgehead atoms. The molecule has 2 nitrogen and oxygen atoms in total. The predicted molar refractivity (Wildman–Crippen MR) is 85.4 cm³/mol. The highest BCUT2D eigenvalue weighted by Gasteiger charge is 2.40. The Labute approximate surface area is 128 Å². The quantitative estimate of drug-likeness (QED) is 0.925. The lowest BCUT2D eigenvalue weighted by atomic mass is 9.71. The van der Waals surface area contributed by atoms with Crippen LogP contribution in [0.15, 0.2) is 53.0 Å². The van der Waals surface area contributed by atoms with E-state index in [9.17, 15) is 0 Å². The molecule has 2 aromatic carbocycles. The highest BCUT2D eigenvalue weighted by Crippen LogP contribution is 2.38. The van der Waals surface area contributed by atoms with Gasteiger partial charge in [0, 0.05) is 23.0 Å². The molecule has 1 N–H and O–H groups in total. The molecule has 0 amide bonds. The predicted octanol–water partition coefficient (Wildman–Crippen LogP) is 3.54. The maximum atomic E-state index is 5.49. The Kier molecular flexibility index (Phi) is 3.81. The standard InChI is InChI=1S/C17H18BrNO/c1-20-16-9-5-2-6-13(16)10-17(11-19-12-17)14-7-3-4-8-15(14)18/h2-9,19H,10-12H2,1H3. The summed E-state index contributed by atoms with van der Waals surface area (Å²) in [5.41, 5.74) is 2.81. The first-order valence-electron chi connectivity index (χ1n) is 6.83. The van der Waals surface area contributed by atoms with E-state index in [4.69, 9.17) is 4.74 Å². The van der Waals surface area contributed by atoms with Crippen molar-refractivity contribution in [2.75, 3.05) is 20.2 Å². The summed E-state index contributed by atoms with van der Waals surface area (Å²) in [4.78, 5) is 0. The molecule has 3 rings (SSSR count). The second-order valence-electron chi connectivity index (χ2n) is 5.35. The molecule has 0 atom stereocenters. The monoisotopic (exact) mass is 331 g/mol. The minimum absolute atomic E-state index is 0.161. The number of hydrogen-bond donors (Lipinski definition) is 1. The zero-order valence-electron chi connectivity index (χ0n) is 11.5. The molecule has 0 saturated carbocycles. The van der Waals surface area contributed by atoms with Crippen molar-refractivity contribution in [3.8, 4) is 5.75 Å². The van der Waals surface area contributed by atoms with Gasteiger partial charge in [0.05, 0.1) is 7.11 Å². The molecule has 0 aromatic heterocycles. The summed E-state index contributed by atoms with van der Waals surface area (Å²) in [5, 5.41) is 3.42. The zero-order chi connectivity index (χ0) is 14.0. The van der Waals surface area contributed by atoms with Crippen molar-refractivity contribution < 1.29 is 4.74 Å². The van der Waals surface area contributed by atoms with E-state index < -0.39 is 0 Å². The molecule has 1 aliphatic rings. The summed E-state index contributed by atoms with van der Waals surface area (Å²) in [5.74, 6) is 0.978. The van der Waals surface area contributed by atoms with Crippen LogP contribution >= 0.6 is 15.9 Å². The number of halogens is 1. The van der Waals surface area contributed by atoms with Crippen molar-refractivity contribution in [3.05, 3.63) is 64.1 Å². The Morgan fingerprint density at radius 1 is 1.10 bits per heavy atom. The number of rotatable bonds is 4. The summed E-state index contributed by atoms with van der Waals surface area (Å²) >= 11 is 3.70. The topological polar surface area (TPSA) is 21.3 Å². The zero-order valence-corrected chi connectivity index (χ0v) is 13.1. The Hall–Kier alpha value is -1.32. The second kappa shape index (κ2) is 5.58. The number of methoxy groups -OCH3 is 1. The van der Waals surface area contributed by atoms with E-state index in [1.807, 2.05) is 12.1 Å². The lowest BCUT2D eigenvalue weighted by Gasteiger charge is -2.44. The first-order chi connectivity index (χ1) is 9.75. The largest absolute Gasteiger partial charge is 0.496 e. The van der Waals surface area contributed by atoms with Crippen molar-refractivity contribution in [1.29, 1.82) is 0 Å². The van der Waals surface area contributed by atoms with Gasteiger partial charge in [0.1, 0.15) is 5.75 Å². The van der Waals surface area contributed by atoms with Gasteiger partial charge in [-0.2, -0.15) is 0 Å². The first-order valence-corrected chi connectivity index (χ1v) is 7.62. The Balaban J connectivity index is 1.96. The summed E-state index contributed by atoms with van der Waals surface area (Å²) < 4.78 is 6.68. The van der Waals surface area contributed by atoms with Crippen LogP contribution < -0.4 is 10.1 Å². The highest BCUT2D eigenvalue weighted by atomic mass is 79.9. The fraction of sp³-hybridized carbons (Fsp3) is 0.294. The van der Waals surface area contributed by atoms with Gasteiger partial charge in [-0.1, -0.05) is 52.3 Å². The fourth-order valence-electron chi connectivity index (χ4n) is 2.94. The third-order valence-electron chi connectivity index (χ3n) is 4.09. The molecular weight excluding hydrogens is 314 g/mol. The SMILES string of the molecule is COc1ccccc1CC1(c2ccccc2Br)CNC1. The van der Waals surface area contributed by atoms with Crippen molar-refractivity contribution in [2.45, 2.75) is 11.8 Å². The van der Waals surface area contributed by atoms with Crippen LogP contribution in [0.25, 0.3) is 0 Å². The van der Waals surface area contributed by atoms with Crippen LogP contribution in [0, 0.1) is 0 Å². The van der Waals surface area contributed by atoms with E-state index in [1.54, 1.807) is 7.11 Å². The number of nitrogens with one attached hydrogen (secondary N) is 1. The molecule has 0 spiro atoms. The lowest BCUT2D eigenvalue weighted by Crippen LogP contribution is -2.58. The Morgan fingerprint density at radius 3 is 2.45 bits per heavy atom. The average Bonchev–Trinajstić information content (AvgIpc) is 2.44. The van der Waals surface area contributed by atoms with Gasteiger partial charge in [0.2, 0.25) is 0 Å². The molecule has 1 aliphatic heterocycles. The summed E-state index contributed by atoms with van der Waals surface area (Å²) in [6, 6.07) is 16.8. The van der Waals surface area contributed by atoms with Crippen molar-refractivity contribution in [1.82, 2.24) is 5.32 Å². The molecule has 0 aliphatic carbocycles. The van der Waals surface area contributed by atoms with Crippen molar-refractivity contribution >= 4 is 15.9 Å². The molecular formula is C17H18BrNO. The molecule has 104 valence electrons. The van der Waals surface area contributed by atoms with E-state index >= 15 is 0 Å². The molecule has 0 unspecified atom stereocenters. The van der Waals surface area contributed by atoms with Crippen molar-refractivity contribution in [3.63, 3.8) is 0 Å².